The number of ketones is 1. The standard InChI is InChI=1S/C30H42O4/c1-16-14-33-30(19(16)4)25(32)18(3)24-22(34-30)13-27(6)23-8-7-20-17(2)21(31)9-10-28(20)15-29(23,28)12-11-26(24,27)5/h9-10,16-18,20,22-25,32H,4,7-8,11-15H2,1-3,5-6H3. The monoisotopic (exact) mass is 466 g/mol. The molecule has 4 saturated carbocycles. The molecule has 34 heavy (non-hydrogen) atoms. The van der Waals surface area contributed by atoms with Gasteiger partial charge in [-0.1, -0.05) is 47.3 Å². The lowest BCUT2D eigenvalue weighted by Crippen LogP contribution is -2.61. The number of aliphatic hydroxyl groups is 1. The number of hydrogen-bond donors (Lipinski definition) is 1. The Kier molecular flexibility index (Phi) is 4.11. The molecule has 4 nitrogen and oxygen atoms in total. The molecule has 7 aliphatic rings. The minimum atomic E-state index is -1.03. The molecule has 2 heterocycles. The van der Waals surface area contributed by atoms with Crippen LogP contribution in [0.4, 0.5) is 0 Å². The largest absolute Gasteiger partial charge is 0.387 e. The van der Waals surface area contributed by atoms with E-state index in [-0.39, 0.29) is 40.1 Å². The molecule has 4 heteroatoms. The zero-order chi connectivity index (χ0) is 24.1. The highest BCUT2D eigenvalue weighted by Crippen LogP contribution is 2.87. The number of carbonyl (C=O) groups excluding carboxylic acids is 1. The van der Waals surface area contributed by atoms with Crippen molar-refractivity contribution in [2.45, 2.75) is 91.1 Å². The zero-order valence-electron chi connectivity index (χ0n) is 21.6. The van der Waals surface area contributed by atoms with Crippen LogP contribution in [0.15, 0.2) is 24.3 Å². The fourth-order valence-electron chi connectivity index (χ4n) is 11.4. The van der Waals surface area contributed by atoms with Gasteiger partial charge in [-0.2, -0.15) is 0 Å². The van der Waals surface area contributed by atoms with E-state index in [0.717, 1.165) is 12.0 Å². The topological polar surface area (TPSA) is 55.8 Å². The van der Waals surface area contributed by atoms with Crippen molar-refractivity contribution >= 4 is 5.78 Å². The van der Waals surface area contributed by atoms with Crippen LogP contribution in [0.5, 0.6) is 0 Å². The third-order valence-electron chi connectivity index (χ3n) is 13.4. The van der Waals surface area contributed by atoms with E-state index in [0.29, 0.717) is 35.6 Å². The summed E-state index contributed by atoms with van der Waals surface area (Å²) in [5.74, 6) is 1.30. The first-order chi connectivity index (χ1) is 16.0. The van der Waals surface area contributed by atoms with Crippen molar-refractivity contribution in [3.63, 3.8) is 0 Å². The van der Waals surface area contributed by atoms with Crippen molar-refractivity contribution in [3.8, 4) is 0 Å². The maximum Gasteiger partial charge on any atom is 0.218 e. The molecule has 1 N–H and O–H groups in total. The number of aliphatic hydroxyl groups excluding tert-OH is 1. The van der Waals surface area contributed by atoms with E-state index >= 15 is 0 Å². The maximum absolute atomic E-state index is 12.5. The van der Waals surface area contributed by atoms with Gasteiger partial charge >= 0.3 is 0 Å². The van der Waals surface area contributed by atoms with E-state index in [2.05, 4.69) is 47.3 Å². The van der Waals surface area contributed by atoms with E-state index in [9.17, 15) is 9.90 Å². The Bertz CT molecular complexity index is 1020. The van der Waals surface area contributed by atoms with Gasteiger partial charge in [0.25, 0.3) is 0 Å². The van der Waals surface area contributed by atoms with Crippen LogP contribution in [0, 0.1) is 57.2 Å². The second kappa shape index (κ2) is 6.29. The zero-order valence-corrected chi connectivity index (χ0v) is 21.6. The van der Waals surface area contributed by atoms with Crippen molar-refractivity contribution in [3.05, 3.63) is 24.3 Å². The van der Waals surface area contributed by atoms with Gasteiger partial charge in [-0.3, -0.25) is 4.79 Å². The molecule has 0 aromatic heterocycles. The third kappa shape index (κ3) is 2.11. The van der Waals surface area contributed by atoms with Crippen molar-refractivity contribution in [1.82, 2.24) is 0 Å². The molecule has 7 rings (SSSR count). The molecule has 0 aromatic carbocycles. The predicted molar refractivity (Wildman–Crippen MR) is 130 cm³/mol. The van der Waals surface area contributed by atoms with Gasteiger partial charge in [0.05, 0.1) is 12.7 Å². The Morgan fingerprint density at radius 1 is 1.12 bits per heavy atom. The molecule has 2 saturated heterocycles. The lowest BCUT2D eigenvalue weighted by Gasteiger charge is -2.61. The summed E-state index contributed by atoms with van der Waals surface area (Å²) in [7, 11) is 0. The quantitative estimate of drug-likeness (QED) is 0.492. The van der Waals surface area contributed by atoms with E-state index in [1.165, 1.54) is 32.1 Å². The van der Waals surface area contributed by atoms with Crippen LogP contribution in [-0.2, 0) is 14.3 Å². The molecule has 3 spiro atoms. The summed E-state index contributed by atoms with van der Waals surface area (Å²) >= 11 is 0. The molecular formula is C30H42O4. The number of carbonyl (C=O) groups is 1. The van der Waals surface area contributed by atoms with E-state index in [1.54, 1.807) is 0 Å². The van der Waals surface area contributed by atoms with Crippen LogP contribution in [0.3, 0.4) is 0 Å². The summed E-state index contributed by atoms with van der Waals surface area (Å²) in [5, 5.41) is 11.6. The summed E-state index contributed by atoms with van der Waals surface area (Å²) < 4.78 is 13.1. The van der Waals surface area contributed by atoms with Gasteiger partial charge < -0.3 is 14.6 Å². The van der Waals surface area contributed by atoms with Gasteiger partial charge in [-0.25, -0.2) is 0 Å². The molecule has 13 unspecified atom stereocenters. The molecule has 2 aliphatic heterocycles. The highest BCUT2D eigenvalue weighted by molar-refractivity contribution is 5.93. The summed E-state index contributed by atoms with van der Waals surface area (Å²) in [4.78, 5) is 12.5. The average Bonchev–Trinajstić information content (AvgIpc) is 3.31. The third-order valence-corrected chi connectivity index (χ3v) is 13.4. The first-order valence-electron chi connectivity index (χ1n) is 13.9. The first-order valence-corrected chi connectivity index (χ1v) is 13.9. The van der Waals surface area contributed by atoms with Crippen LogP contribution in [-0.4, -0.2) is 35.5 Å². The Balaban J connectivity index is 1.28. The molecule has 0 amide bonds. The second-order valence-electron chi connectivity index (χ2n) is 14.1. The molecule has 186 valence electrons. The average molecular weight is 467 g/mol. The van der Waals surface area contributed by atoms with Gasteiger partial charge in [0.15, 0.2) is 5.78 Å². The molecule has 0 aromatic rings. The van der Waals surface area contributed by atoms with E-state index < -0.39 is 11.9 Å². The minimum Gasteiger partial charge on any atom is -0.387 e. The summed E-state index contributed by atoms with van der Waals surface area (Å²) in [6.45, 7) is 16.5. The van der Waals surface area contributed by atoms with Gasteiger partial charge in [0.1, 0.15) is 6.10 Å². The normalized spacial score (nSPS) is 63.7. The SMILES string of the molecule is C=C1C(C)COC12OC1CC3(C)C4CCC5C(C)C(=O)C=CC56CC46CCC3(C)C1C(C)C2O. The van der Waals surface area contributed by atoms with Crippen LogP contribution in [0.2, 0.25) is 0 Å². The van der Waals surface area contributed by atoms with Crippen LogP contribution >= 0.6 is 0 Å². The molecule has 13 atom stereocenters. The fourth-order valence-corrected chi connectivity index (χ4v) is 11.4. The van der Waals surface area contributed by atoms with E-state index in [4.69, 9.17) is 9.47 Å². The predicted octanol–water partition coefficient (Wildman–Crippen LogP) is 5.31. The van der Waals surface area contributed by atoms with Gasteiger partial charge in [0, 0.05) is 11.8 Å². The van der Waals surface area contributed by atoms with Crippen molar-refractivity contribution in [1.29, 1.82) is 0 Å². The van der Waals surface area contributed by atoms with Crippen LogP contribution < -0.4 is 0 Å². The number of fused-ring (bicyclic) bond motifs is 4. The van der Waals surface area contributed by atoms with Crippen LogP contribution in [0.25, 0.3) is 0 Å². The van der Waals surface area contributed by atoms with E-state index in [1.807, 2.05) is 6.08 Å². The van der Waals surface area contributed by atoms with Gasteiger partial charge in [-0.15, -0.1) is 0 Å². The number of allylic oxidation sites excluding steroid dienone is 2. The number of rotatable bonds is 0. The fraction of sp³-hybridized carbons (Fsp3) is 0.833. The Labute approximate surface area is 204 Å². The summed E-state index contributed by atoms with van der Waals surface area (Å²) in [6.07, 6.45) is 10.9. The first kappa shape index (κ1) is 22.2. The Morgan fingerprint density at radius 2 is 1.88 bits per heavy atom. The lowest BCUT2D eigenvalue weighted by atomic mass is 9.43. The van der Waals surface area contributed by atoms with Crippen molar-refractivity contribution < 1.29 is 19.4 Å². The van der Waals surface area contributed by atoms with Gasteiger partial charge in [-0.05, 0) is 95.5 Å². The molecule has 0 radical (unpaired) electrons. The summed E-state index contributed by atoms with van der Waals surface area (Å²) in [5.41, 5.74) is 1.81. The van der Waals surface area contributed by atoms with Crippen molar-refractivity contribution in [2.75, 3.05) is 6.61 Å². The highest BCUT2D eigenvalue weighted by Gasteiger charge is 2.82. The maximum atomic E-state index is 12.5. The Morgan fingerprint density at radius 3 is 2.59 bits per heavy atom. The molecule has 6 fully saturated rings. The molecule has 5 aliphatic carbocycles. The summed E-state index contributed by atoms with van der Waals surface area (Å²) in [6, 6.07) is 0. The van der Waals surface area contributed by atoms with Crippen molar-refractivity contribution in [2.24, 2.45) is 57.2 Å². The van der Waals surface area contributed by atoms with Crippen LogP contribution in [0.1, 0.15) is 73.1 Å². The van der Waals surface area contributed by atoms with Gasteiger partial charge in [0.2, 0.25) is 5.79 Å². The smallest absolute Gasteiger partial charge is 0.218 e. The Hall–Kier alpha value is -0.970. The lowest BCUT2D eigenvalue weighted by molar-refractivity contribution is -0.313. The number of ether oxygens (including phenoxy) is 2. The molecule has 0 bridgehead atoms. The second-order valence-corrected chi connectivity index (χ2v) is 14.1. The molecular weight excluding hydrogens is 424 g/mol. The highest BCUT2D eigenvalue weighted by atomic mass is 16.7. The number of hydrogen-bond acceptors (Lipinski definition) is 4. The minimum absolute atomic E-state index is 0.0976.